The Morgan fingerprint density at radius 2 is 1.61 bits per heavy atom. The number of rotatable bonds is 12. The molecule has 0 aliphatic carbocycles. The van der Waals surface area contributed by atoms with Crippen molar-refractivity contribution in [3.63, 3.8) is 0 Å². The number of carbonyl (C=O) groups is 2. The van der Waals surface area contributed by atoms with E-state index in [2.05, 4.69) is 4.72 Å². The Labute approximate surface area is 181 Å². The number of ether oxygens (including phenoxy) is 2. The first-order chi connectivity index (χ1) is 13.7. The molecule has 8 nitrogen and oxygen atoms in total. The highest BCUT2D eigenvalue weighted by Crippen LogP contribution is 2.40. The van der Waals surface area contributed by atoms with Crippen LogP contribution in [0.3, 0.4) is 0 Å². The van der Waals surface area contributed by atoms with Crippen LogP contribution in [0.2, 0.25) is 0 Å². The molecule has 3 unspecified atom stereocenters. The van der Waals surface area contributed by atoms with Gasteiger partial charge in [-0.3, -0.25) is 9.59 Å². The van der Waals surface area contributed by atoms with Gasteiger partial charge in [-0.2, -0.15) is 13.2 Å². The summed E-state index contributed by atoms with van der Waals surface area (Å²) in [5.74, 6) is -1.46. The van der Waals surface area contributed by atoms with E-state index >= 15 is 0 Å². The molecule has 0 bridgehead atoms. The number of aliphatic hydroxyl groups is 1. The molecule has 184 valence electrons. The van der Waals surface area contributed by atoms with E-state index in [1.54, 1.807) is 20.8 Å². The molecule has 0 fully saturated rings. The Morgan fingerprint density at radius 1 is 1.10 bits per heavy atom. The zero-order valence-corrected chi connectivity index (χ0v) is 19.9. The van der Waals surface area contributed by atoms with Crippen LogP contribution in [0.1, 0.15) is 60.8 Å². The van der Waals surface area contributed by atoms with Crippen molar-refractivity contribution in [3.8, 4) is 0 Å². The zero-order valence-electron chi connectivity index (χ0n) is 19.1. The minimum Gasteiger partial charge on any atom is -0.464 e. The smallest absolute Gasteiger partial charge is 0.417 e. The highest BCUT2D eigenvalue weighted by atomic mass is 32.2. The van der Waals surface area contributed by atoms with Gasteiger partial charge in [-0.25, -0.2) is 13.1 Å². The second-order valence-electron chi connectivity index (χ2n) is 8.97. The van der Waals surface area contributed by atoms with Crippen molar-refractivity contribution in [2.24, 2.45) is 10.8 Å². The standard InChI is InChI=1S/C19H34F3NO7S/c1-8-17(5,15(25)30-13(2)11-18(6,26)19(20,21)22)12-16(3,4)14(24)29-10-9-23-31(7,27)28/h13,23,26H,8-12H2,1-7H3. The molecule has 0 aliphatic rings. The first-order valence-corrected chi connectivity index (χ1v) is 11.7. The Bertz CT molecular complexity index is 735. The first kappa shape index (κ1) is 29.6. The monoisotopic (exact) mass is 477 g/mol. The third kappa shape index (κ3) is 9.73. The summed E-state index contributed by atoms with van der Waals surface area (Å²) in [6.07, 6.45) is -5.74. The summed E-state index contributed by atoms with van der Waals surface area (Å²) in [5, 5.41) is 9.59. The molecule has 0 aliphatic heterocycles. The van der Waals surface area contributed by atoms with Crippen molar-refractivity contribution in [1.82, 2.24) is 4.72 Å². The number of nitrogens with one attached hydrogen (secondary N) is 1. The molecule has 0 saturated carbocycles. The Hall–Kier alpha value is -1.40. The van der Waals surface area contributed by atoms with Crippen molar-refractivity contribution < 1.29 is 45.8 Å². The lowest BCUT2D eigenvalue weighted by Crippen LogP contribution is -2.46. The van der Waals surface area contributed by atoms with Gasteiger partial charge in [0, 0.05) is 13.0 Å². The first-order valence-electron chi connectivity index (χ1n) is 9.79. The van der Waals surface area contributed by atoms with E-state index in [0.717, 1.165) is 6.26 Å². The molecule has 0 rings (SSSR count). The average molecular weight is 478 g/mol. The van der Waals surface area contributed by atoms with Gasteiger partial charge in [0.25, 0.3) is 0 Å². The van der Waals surface area contributed by atoms with E-state index in [1.165, 1.54) is 13.8 Å². The summed E-state index contributed by atoms with van der Waals surface area (Å²) in [6.45, 7) is 7.84. The minimum atomic E-state index is -4.88. The Balaban J connectivity index is 5.07. The fraction of sp³-hybridized carbons (Fsp3) is 0.895. The molecular formula is C19H34F3NO7S. The van der Waals surface area contributed by atoms with Gasteiger partial charge in [0.1, 0.15) is 12.7 Å². The van der Waals surface area contributed by atoms with Crippen LogP contribution in [-0.2, 0) is 29.1 Å². The molecule has 2 N–H and O–H groups in total. The van der Waals surface area contributed by atoms with Crippen LogP contribution in [0.5, 0.6) is 0 Å². The van der Waals surface area contributed by atoms with Crippen LogP contribution in [0.15, 0.2) is 0 Å². The average Bonchev–Trinajstić information content (AvgIpc) is 2.55. The molecule has 0 amide bonds. The summed E-state index contributed by atoms with van der Waals surface area (Å²) < 4.78 is 73.0. The van der Waals surface area contributed by atoms with Gasteiger partial charge in [0.05, 0.1) is 17.1 Å². The van der Waals surface area contributed by atoms with Crippen molar-refractivity contribution in [3.05, 3.63) is 0 Å². The van der Waals surface area contributed by atoms with Crippen LogP contribution < -0.4 is 4.72 Å². The van der Waals surface area contributed by atoms with Crippen molar-refractivity contribution in [2.75, 3.05) is 19.4 Å². The van der Waals surface area contributed by atoms with Gasteiger partial charge in [-0.15, -0.1) is 0 Å². The van der Waals surface area contributed by atoms with Gasteiger partial charge in [-0.05, 0) is 47.5 Å². The number of alkyl halides is 3. The summed E-state index contributed by atoms with van der Waals surface area (Å²) in [7, 11) is -3.43. The highest BCUT2D eigenvalue weighted by molar-refractivity contribution is 7.88. The SMILES string of the molecule is CCC(C)(CC(C)(C)C(=O)OCCNS(C)(=O)=O)C(=O)OC(C)CC(C)(O)C(F)(F)F. The number of hydrogen-bond acceptors (Lipinski definition) is 7. The zero-order chi connectivity index (χ0) is 24.9. The second-order valence-corrected chi connectivity index (χ2v) is 10.8. The van der Waals surface area contributed by atoms with E-state index in [0.29, 0.717) is 6.92 Å². The van der Waals surface area contributed by atoms with Gasteiger partial charge in [0.15, 0.2) is 5.60 Å². The molecule has 0 aromatic rings. The maximum Gasteiger partial charge on any atom is 0.417 e. The van der Waals surface area contributed by atoms with Crippen LogP contribution in [-0.4, -0.2) is 62.8 Å². The summed E-state index contributed by atoms with van der Waals surface area (Å²) in [4.78, 5) is 25.1. The minimum absolute atomic E-state index is 0.0178. The normalized spacial score (nSPS) is 17.9. The highest BCUT2D eigenvalue weighted by Gasteiger charge is 2.51. The predicted octanol–water partition coefficient (Wildman–Crippen LogP) is 2.55. The van der Waals surface area contributed by atoms with E-state index < -0.39 is 57.1 Å². The fourth-order valence-corrected chi connectivity index (χ4v) is 3.45. The van der Waals surface area contributed by atoms with E-state index in [-0.39, 0.29) is 26.0 Å². The number of halogens is 3. The third-order valence-corrected chi connectivity index (χ3v) is 5.69. The second kappa shape index (κ2) is 10.5. The third-order valence-electron chi connectivity index (χ3n) is 4.96. The van der Waals surface area contributed by atoms with Crippen molar-refractivity contribution >= 4 is 22.0 Å². The van der Waals surface area contributed by atoms with Crippen LogP contribution >= 0.6 is 0 Å². The molecule has 0 saturated heterocycles. The molecular weight excluding hydrogens is 443 g/mol. The van der Waals surface area contributed by atoms with Crippen molar-refractivity contribution in [1.29, 1.82) is 0 Å². The summed E-state index contributed by atoms with van der Waals surface area (Å²) >= 11 is 0. The lowest BCUT2D eigenvalue weighted by Gasteiger charge is -2.35. The lowest BCUT2D eigenvalue weighted by molar-refractivity contribution is -0.261. The quantitative estimate of drug-likeness (QED) is 0.327. The molecule has 0 aromatic heterocycles. The summed E-state index contributed by atoms with van der Waals surface area (Å²) in [6, 6.07) is 0. The number of sulfonamides is 1. The molecule has 0 spiro atoms. The van der Waals surface area contributed by atoms with Crippen LogP contribution in [0.4, 0.5) is 13.2 Å². The largest absolute Gasteiger partial charge is 0.464 e. The lowest BCUT2D eigenvalue weighted by atomic mass is 9.72. The maximum absolute atomic E-state index is 12.9. The Kier molecular flexibility index (Phi) is 10.0. The van der Waals surface area contributed by atoms with E-state index in [1.807, 2.05) is 0 Å². The summed E-state index contributed by atoms with van der Waals surface area (Å²) in [5.41, 5.74) is -5.38. The van der Waals surface area contributed by atoms with Gasteiger partial charge in [0.2, 0.25) is 10.0 Å². The number of carbonyl (C=O) groups excluding carboxylic acids is 2. The number of hydrogen-bond donors (Lipinski definition) is 2. The van der Waals surface area contributed by atoms with Crippen molar-refractivity contribution in [2.45, 2.75) is 78.7 Å². The van der Waals surface area contributed by atoms with E-state index in [4.69, 9.17) is 9.47 Å². The predicted molar refractivity (Wildman–Crippen MR) is 107 cm³/mol. The Morgan fingerprint density at radius 3 is 2.03 bits per heavy atom. The van der Waals surface area contributed by atoms with Crippen LogP contribution in [0.25, 0.3) is 0 Å². The van der Waals surface area contributed by atoms with E-state index in [9.17, 15) is 36.3 Å². The van der Waals surface area contributed by atoms with Gasteiger partial charge >= 0.3 is 18.1 Å². The molecule has 12 heteroatoms. The number of esters is 2. The molecule has 31 heavy (non-hydrogen) atoms. The molecule has 0 radical (unpaired) electrons. The van der Waals surface area contributed by atoms with Crippen LogP contribution in [0, 0.1) is 10.8 Å². The maximum atomic E-state index is 12.9. The molecule has 0 aromatic carbocycles. The van der Waals surface area contributed by atoms with Gasteiger partial charge < -0.3 is 14.6 Å². The molecule has 3 atom stereocenters. The molecule has 0 heterocycles. The van der Waals surface area contributed by atoms with Gasteiger partial charge in [-0.1, -0.05) is 6.92 Å². The topological polar surface area (TPSA) is 119 Å². The fourth-order valence-electron chi connectivity index (χ4n) is 3.00.